The van der Waals surface area contributed by atoms with E-state index in [2.05, 4.69) is 0 Å². The maximum Gasteiger partial charge on any atom is 0.119 e. The smallest absolute Gasteiger partial charge is 0.119 e. The molecule has 0 bridgehead atoms. The fourth-order valence-electron chi connectivity index (χ4n) is 1.90. The van der Waals surface area contributed by atoms with Gasteiger partial charge in [0.1, 0.15) is 18.1 Å². The largest absolute Gasteiger partial charge is 0.497 e. The Balaban J connectivity index is 1.85. The lowest BCUT2D eigenvalue weighted by Crippen LogP contribution is -2.30. The van der Waals surface area contributed by atoms with Gasteiger partial charge in [-0.05, 0) is 48.4 Å². The van der Waals surface area contributed by atoms with Crippen molar-refractivity contribution in [1.82, 2.24) is 0 Å². The second-order valence-corrected chi connectivity index (χ2v) is 5.02. The molecule has 0 aliphatic heterocycles. The molecule has 2 aromatic carbocycles. The molecule has 2 aromatic rings. The number of halogens is 1. The molecule has 2 rings (SSSR count). The predicted molar refractivity (Wildman–Crippen MR) is 81.6 cm³/mol. The van der Waals surface area contributed by atoms with Gasteiger partial charge in [-0.3, -0.25) is 0 Å². The Morgan fingerprint density at radius 3 is 2.55 bits per heavy atom. The molecule has 0 amide bonds. The van der Waals surface area contributed by atoms with Crippen LogP contribution in [0.4, 0.5) is 0 Å². The number of benzene rings is 2. The van der Waals surface area contributed by atoms with Crippen molar-refractivity contribution in [3.8, 4) is 11.5 Å². The normalized spacial score (nSPS) is 11.9. The highest BCUT2D eigenvalue weighted by atomic mass is 35.5. The van der Waals surface area contributed by atoms with Crippen LogP contribution in [0.5, 0.6) is 11.5 Å². The molecule has 1 atom stereocenters. The molecule has 0 saturated heterocycles. The standard InChI is InChI=1S/C16H18ClNO2/c1-19-16-4-2-3-12(10-16)9-14(18)11-20-15-7-5-13(17)6-8-15/h2-8,10,14H,9,11,18H2,1H3. The zero-order valence-electron chi connectivity index (χ0n) is 11.4. The topological polar surface area (TPSA) is 44.5 Å². The molecule has 0 saturated carbocycles. The number of nitrogens with two attached hydrogens (primary N) is 1. The van der Waals surface area contributed by atoms with Gasteiger partial charge in [0, 0.05) is 11.1 Å². The van der Waals surface area contributed by atoms with Gasteiger partial charge in [0.05, 0.1) is 7.11 Å². The molecule has 0 aliphatic rings. The first-order valence-corrected chi connectivity index (χ1v) is 6.82. The van der Waals surface area contributed by atoms with Gasteiger partial charge in [-0.25, -0.2) is 0 Å². The highest BCUT2D eigenvalue weighted by molar-refractivity contribution is 6.30. The summed E-state index contributed by atoms with van der Waals surface area (Å²) in [6.07, 6.45) is 0.741. The quantitative estimate of drug-likeness (QED) is 0.888. The number of hydrogen-bond donors (Lipinski definition) is 1. The predicted octanol–water partition coefficient (Wildman–Crippen LogP) is 3.30. The summed E-state index contributed by atoms with van der Waals surface area (Å²) in [6, 6.07) is 15.1. The van der Waals surface area contributed by atoms with Crippen LogP contribution in [0.2, 0.25) is 5.02 Å². The third kappa shape index (κ3) is 4.44. The summed E-state index contributed by atoms with van der Waals surface area (Å²) in [7, 11) is 1.66. The van der Waals surface area contributed by atoms with Crippen LogP contribution in [0.1, 0.15) is 5.56 Å². The van der Waals surface area contributed by atoms with Crippen LogP contribution in [0.15, 0.2) is 48.5 Å². The summed E-state index contributed by atoms with van der Waals surface area (Å²) < 4.78 is 10.8. The van der Waals surface area contributed by atoms with E-state index in [1.807, 2.05) is 36.4 Å². The zero-order valence-corrected chi connectivity index (χ0v) is 12.1. The van der Waals surface area contributed by atoms with E-state index in [-0.39, 0.29) is 6.04 Å². The van der Waals surface area contributed by atoms with Gasteiger partial charge in [0.2, 0.25) is 0 Å². The Morgan fingerprint density at radius 1 is 1.10 bits per heavy atom. The highest BCUT2D eigenvalue weighted by Gasteiger charge is 2.06. The van der Waals surface area contributed by atoms with E-state index in [1.54, 1.807) is 19.2 Å². The van der Waals surface area contributed by atoms with Crippen molar-refractivity contribution in [2.45, 2.75) is 12.5 Å². The number of methoxy groups -OCH3 is 1. The van der Waals surface area contributed by atoms with E-state index >= 15 is 0 Å². The van der Waals surface area contributed by atoms with Crippen LogP contribution in [0.25, 0.3) is 0 Å². The lowest BCUT2D eigenvalue weighted by molar-refractivity contribution is 0.287. The van der Waals surface area contributed by atoms with E-state index in [4.69, 9.17) is 26.8 Å². The minimum Gasteiger partial charge on any atom is -0.497 e. The number of rotatable bonds is 6. The fourth-order valence-corrected chi connectivity index (χ4v) is 2.02. The van der Waals surface area contributed by atoms with Crippen molar-refractivity contribution < 1.29 is 9.47 Å². The van der Waals surface area contributed by atoms with Gasteiger partial charge in [-0.15, -0.1) is 0 Å². The Morgan fingerprint density at radius 2 is 1.85 bits per heavy atom. The van der Waals surface area contributed by atoms with Crippen molar-refractivity contribution in [1.29, 1.82) is 0 Å². The van der Waals surface area contributed by atoms with Crippen LogP contribution in [0.3, 0.4) is 0 Å². The minimum atomic E-state index is -0.0715. The molecule has 0 radical (unpaired) electrons. The Labute approximate surface area is 124 Å². The SMILES string of the molecule is COc1cccc(CC(N)COc2ccc(Cl)cc2)c1. The summed E-state index contributed by atoms with van der Waals surface area (Å²) in [4.78, 5) is 0. The summed E-state index contributed by atoms with van der Waals surface area (Å²) in [5.74, 6) is 1.61. The molecule has 0 fully saturated rings. The number of hydrogen-bond acceptors (Lipinski definition) is 3. The van der Waals surface area contributed by atoms with E-state index in [0.717, 1.165) is 23.5 Å². The molecule has 2 N–H and O–H groups in total. The van der Waals surface area contributed by atoms with Gasteiger partial charge in [-0.1, -0.05) is 23.7 Å². The van der Waals surface area contributed by atoms with Crippen LogP contribution in [-0.2, 0) is 6.42 Å². The maximum atomic E-state index is 6.08. The van der Waals surface area contributed by atoms with Crippen molar-refractivity contribution in [2.75, 3.05) is 13.7 Å². The summed E-state index contributed by atoms with van der Waals surface area (Å²) in [6.45, 7) is 0.457. The lowest BCUT2D eigenvalue weighted by atomic mass is 10.1. The Bertz CT molecular complexity index is 542. The minimum absolute atomic E-state index is 0.0715. The van der Waals surface area contributed by atoms with Crippen LogP contribution in [0, 0.1) is 0 Å². The van der Waals surface area contributed by atoms with E-state index in [1.165, 1.54) is 0 Å². The molecule has 1 unspecified atom stereocenters. The summed E-state index contributed by atoms with van der Waals surface area (Å²) in [5, 5.41) is 0.693. The van der Waals surface area contributed by atoms with Crippen molar-refractivity contribution in [2.24, 2.45) is 5.73 Å². The molecule has 0 spiro atoms. The second kappa shape index (κ2) is 7.17. The van der Waals surface area contributed by atoms with Crippen LogP contribution < -0.4 is 15.2 Å². The molecule has 3 nitrogen and oxygen atoms in total. The van der Waals surface area contributed by atoms with Crippen molar-refractivity contribution in [3.63, 3.8) is 0 Å². The third-order valence-electron chi connectivity index (χ3n) is 2.91. The number of ether oxygens (including phenoxy) is 2. The van der Waals surface area contributed by atoms with Gasteiger partial charge >= 0.3 is 0 Å². The molecular formula is C16H18ClNO2. The third-order valence-corrected chi connectivity index (χ3v) is 3.16. The summed E-state index contributed by atoms with van der Waals surface area (Å²) >= 11 is 5.82. The molecule has 0 aliphatic carbocycles. The molecule has 4 heteroatoms. The van der Waals surface area contributed by atoms with E-state index in [9.17, 15) is 0 Å². The Kier molecular flexibility index (Phi) is 5.27. The van der Waals surface area contributed by atoms with Gasteiger partial charge < -0.3 is 15.2 Å². The lowest BCUT2D eigenvalue weighted by Gasteiger charge is -2.14. The first-order chi connectivity index (χ1) is 9.67. The maximum absolute atomic E-state index is 6.08. The van der Waals surface area contributed by atoms with Gasteiger partial charge in [0.25, 0.3) is 0 Å². The molecular weight excluding hydrogens is 274 g/mol. The monoisotopic (exact) mass is 291 g/mol. The van der Waals surface area contributed by atoms with Crippen molar-refractivity contribution in [3.05, 3.63) is 59.1 Å². The zero-order chi connectivity index (χ0) is 14.4. The van der Waals surface area contributed by atoms with E-state index < -0.39 is 0 Å². The first-order valence-electron chi connectivity index (χ1n) is 6.44. The average molecular weight is 292 g/mol. The molecule has 0 aromatic heterocycles. The molecule has 0 heterocycles. The van der Waals surface area contributed by atoms with Crippen molar-refractivity contribution >= 4 is 11.6 Å². The second-order valence-electron chi connectivity index (χ2n) is 4.58. The Hall–Kier alpha value is -1.71. The summed E-state index contributed by atoms with van der Waals surface area (Å²) in [5.41, 5.74) is 7.22. The van der Waals surface area contributed by atoms with E-state index in [0.29, 0.717) is 11.6 Å². The fraction of sp³-hybridized carbons (Fsp3) is 0.250. The first kappa shape index (κ1) is 14.7. The van der Waals surface area contributed by atoms with Crippen LogP contribution in [-0.4, -0.2) is 19.8 Å². The van der Waals surface area contributed by atoms with Gasteiger partial charge in [-0.2, -0.15) is 0 Å². The van der Waals surface area contributed by atoms with Gasteiger partial charge in [0.15, 0.2) is 0 Å². The van der Waals surface area contributed by atoms with Crippen LogP contribution >= 0.6 is 11.6 Å². The molecule has 20 heavy (non-hydrogen) atoms. The molecule has 106 valence electrons. The average Bonchev–Trinajstić information content (AvgIpc) is 2.47. The highest BCUT2D eigenvalue weighted by Crippen LogP contribution is 2.17.